The number of carbonyl (C=O) groups is 2. The number of cyclic esters (lactones) is 1. The van der Waals surface area contributed by atoms with Crippen LogP contribution in [-0.4, -0.2) is 61.1 Å². The van der Waals surface area contributed by atoms with Gasteiger partial charge in [0.15, 0.2) is 0 Å². The summed E-state index contributed by atoms with van der Waals surface area (Å²) in [5.74, 6) is -0.158. The van der Waals surface area contributed by atoms with Crippen molar-refractivity contribution in [1.82, 2.24) is 15.1 Å². The number of halogens is 1. The van der Waals surface area contributed by atoms with Crippen LogP contribution in [0.5, 0.6) is 0 Å². The normalized spacial score (nSPS) is 19.6. The van der Waals surface area contributed by atoms with Gasteiger partial charge in [0.1, 0.15) is 13.2 Å². The molecule has 25 heavy (non-hydrogen) atoms. The number of benzene rings is 1. The highest BCUT2D eigenvalue weighted by Crippen LogP contribution is 2.25. The van der Waals surface area contributed by atoms with Crippen molar-refractivity contribution in [3.8, 4) is 0 Å². The van der Waals surface area contributed by atoms with Crippen LogP contribution >= 0.6 is 11.6 Å². The lowest BCUT2D eigenvalue weighted by molar-refractivity contribution is -0.121. The summed E-state index contributed by atoms with van der Waals surface area (Å²) < 4.78 is 4.85. The Hall–Kier alpha value is -1.79. The number of likely N-dealkylation sites (tertiary alicyclic amines) is 1. The van der Waals surface area contributed by atoms with Gasteiger partial charge in [-0.25, -0.2) is 4.79 Å². The van der Waals surface area contributed by atoms with Gasteiger partial charge in [0, 0.05) is 11.6 Å². The van der Waals surface area contributed by atoms with Crippen LogP contribution in [0, 0.1) is 0 Å². The van der Waals surface area contributed by atoms with E-state index in [1.807, 2.05) is 24.3 Å². The molecule has 1 aromatic rings. The number of nitrogens with one attached hydrogen (secondary N) is 1. The first-order chi connectivity index (χ1) is 12.1. The standard InChI is InChI=1S/C18H24ClN3O3/c19-15-6-4-14(5-7-15)16(21-8-2-1-3-9-21)12-20-17(23)13-22-10-11-25-18(22)24/h4-7,16H,1-3,8-13H2,(H,20,23). The van der Waals surface area contributed by atoms with Crippen LogP contribution in [0.25, 0.3) is 0 Å². The number of hydrogen-bond acceptors (Lipinski definition) is 4. The van der Waals surface area contributed by atoms with E-state index in [2.05, 4.69) is 10.2 Å². The fraction of sp³-hybridized carbons (Fsp3) is 0.556. The average Bonchev–Trinajstić information content (AvgIpc) is 3.02. The maximum atomic E-state index is 12.2. The number of hydrogen-bond donors (Lipinski definition) is 1. The van der Waals surface area contributed by atoms with Crippen LogP contribution < -0.4 is 5.32 Å². The molecule has 2 amide bonds. The fourth-order valence-corrected chi connectivity index (χ4v) is 3.51. The van der Waals surface area contributed by atoms with Gasteiger partial charge in [-0.05, 0) is 43.6 Å². The molecule has 7 heteroatoms. The number of carbonyl (C=O) groups excluding carboxylic acids is 2. The highest BCUT2D eigenvalue weighted by atomic mass is 35.5. The van der Waals surface area contributed by atoms with E-state index in [9.17, 15) is 9.59 Å². The molecule has 1 N–H and O–H groups in total. The predicted molar refractivity (Wildman–Crippen MR) is 95.5 cm³/mol. The van der Waals surface area contributed by atoms with Gasteiger partial charge in [-0.1, -0.05) is 30.2 Å². The van der Waals surface area contributed by atoms with Gasteiger partial charge >= 0.3 is 6.09 Å². The lowest BCUT2D eigenvalue weighted by Gasteiger charge is -2.35. The SMILES string of the molecule is O=C(CN1CCOC1=O)NCC(c1ccc(Cl)cc1)N1CCCCC1. The Morgan fingerprint density at radius 3 is 2.52 bits per heavy atom. The average molecular weight is 366 g/mol. The third-order valence-corrected chi connectivity index (χ3v) is 5.01. The van der Waals surface area contributed by atoms with Crippen LogP contribution in [0.15, 0.2) is 24.3 Å². The van der Waals surface area contributed by atoms with E-state index in [1.165, 1.54) is 24.2 Å². The van der Waals surface area contributed by atoms with Crippen molar-refractivity contribution in [2.24, 2.45) is 0 Å². The van der Waals surface area contributed by atoms with Gasteiger partial charge < -0.3 is 10.1 Å². The van der Waals surface area contributed by atoms with Gasteiger partial charge in [-0.3, -0.25) is 14.6 Å². The zero-order valence-electron chi connectivity index (χ0n) is 14.2. The van der Waals surface area contributed by atoms with E-state index >= 15 is 0 Å². The summed E-state index contributed by atoms with van der Waals surface area (Å²) in [4.78, 5) is 27.5. The van der Waals surface area contributed by atoms with E-state index < -0.39 is 6.09 Å². The van der Waals surface area contributed by atoms with Crippen LogP contribution in [0.4, 0.5) is 4.79 Å². The summed E-state index contributed by atoms with van der Waals surface area (Å²) in [5, 5.41) is 3.68. The number of nitrogens with zero attached hydrogens (tertiary/aromatic N) is 2. The number of amides is 2. The predicted octanol–water partition coefficient (Wildman–Crippen LogP) is 2.44. The highest BCUT2D eigenvalue weighted by Gasteiger charge is 2.26. The molecule has 2 aliphatic heterocycles. The third kappa shape index (κ3) is 4.86. The molecule has 2 aliphatic rings. The summed E-state index contributed by atoms with van der Waals surface area (Å²) in [5.41, 5.74) is 1.15. The van der Waals surface area contributed by atoms with E-state index in [0.717, 1.165) is 18.7 Å². The smallest absolute Gasteiger partial charge is 0.410 e. The molecule has 136 valence electrons. The largest absolute Gasteiger partial charge is 0.448 e. The molecule has 1 atom stereocenters. The minimum Gasteiger partial charge on any atom is -0.448 e. The minimum absolute atomic E-state index is 0.0478. The molecule has 1 aromatic carbocycles. The van der Waals surface area contributed by atoms with E-state index in [0.29, 0.717) is 24.7 Å². The van der Waals surface area contributed by atoms with Crippen molar-refractivity contribution < 1.29 is 14.3 Å². The van der Waals surface area contributed by atoms with Gasteiger partial charge in [-0.2, -0.15) is 0 Å². The molecule has 6 nitrogen and oxygen atoms in total. The first-order valence-corrected chi connectivity index (χ1v) is 9.19. The monoisotopic (exact) mass is 365 g/mol. The molecule has 0 radical (unpaired) electrons. The molecular formula is C18H24ClN3O3. The third-order valence-electron chi connectivity index (χ3n) is 4.76. The number of piperidine rings is 1. The number of ether oxygens (including phenoxy) is 1. The van der Waals surface area contributed by atoms with Crippen LogP contribution in [0.1, 0.15) is 30.9 Å². The summed E-state index contributed by atoms with van der Waals surface area (Å²) >= 11 is 6.01. The lowest BCUT2D eigenvalue weighted by Crippen LogP contribution is -2.43. The van der Waals surface area contributed by atoms with Gasteiger partial charge in [0.05, 0.1) is 12.6 Å². The van der Waals surface area contributed by atoms with Gasteiger partial charge in [-0.15, -0.1) is 0 Å². The topological polar surface area (TPSA) is 61.9 Å². The second kappa shape index (κ2) is 8.54. The molecule has 1 unspecified atom stereocenters. The molecule has 2 saturated heterocycles. The Morgan fingerprint density at radius 1 is 1.16 bits per heavy atom. The maximum Gasteiger partial charge on any atom is 0.410 e. The van der Waals surface area contributed by atoms with Crippen LogP contribution in [-0.2, 0) is 9.53 Å². The zero-order valence-corrected chi connectivity index (χ0v) is 15.0. The van der Waals surface area contributed by atoms with Gasteiger partial charge in [0.25, 0.3) is 0 Å². The minimum atomic E-state index is -0.416. The summed E-state index contributed by atoms with van der Waals surface area (Å²) in [6.07, 6.45) is 3.20. The Morgan fingerprint density at radius 2 is 1.88 bits per heavy atom. The molecule has 0 aromatic heterocycles. The Kier molecular flexibility index (Phi) is 6.15. The van der Waals surface area contributed by atoms with Crippen LogP contribution in [0.3, 0.4) is 0 Å². The fourth-order valence-electron chi connectivity index (χ4n) is 3.38. The Balaban J connectivity index is 1.61. The molecule has 2 heterocycles. The summed E-state index contributed by atoms with van der Waals surface area (Å²) in [6.45, 7) is 3.45. The van der Waals surface area contributed by atoms with Gasteiger partial charge in [0.2, 0.25) is 5.91 Å². The summed E-state index contributed by atoms with van der Waals surface area (Å²) in [6, 6.07) is 7.93. The molecular weight excluding hydrogens is 342 g/mol. The zero-order chi connectivity index (χ0) is 17.6. The molecule has 0 spiro atoms. The first kappa shape index (κ1) is 18.0. The number of rotatable bonds is 6. The first-order valence-electron chi connectivity index (χ1n) is 8.81. The van der Waals surface area contributed by atoms with Crippen molar-refractivity contribution >= 4 is 23.6 Å². The van der Waals surface area contributed by atoms with Crippen molar-refractivity contribution in [3.63, 3.8) is 0 Å². The lowest BCUT2D eigenvalue weighted by atomic mass is 10.0. The highest BCUT2D eigenvalue weighted by molar-refractivity contribution is 6.30. The molecule has 0 saturated carbocycles. The summed E-state index contributed by atoms with van der Waals surface area (Å²) in [7, 11) is 0. The second-order valence-electron chi connectivity index (χ2n) is 6.50. The van der Waals surface area contributed by atoms with Crippen LogP contribution in [0.2, 0.25) is 5.02 Å². The molecule has 0 bridgehead atoms. The Bertz CT molecular complexity index is 602. The Labute approximate surface area is 153 Å². The van der Waals surface area contributed by atoms with E-state index in [1.54, 1.807) is 0 Å². The van der Waals surface area contributed by atoms with Crippen molar-refractivity contribution in [3.05, 3.63) is 34.9 Å². The second-order valence-corrected chi connectivity index (χ2v) is 6.94. The van der Waals surface area contributed by atoms with Crippen molar-refractivity contribution in [1.29, 1.82) is 0 Å². The molecule has 2 fully saturated rings. The van der Waals surface area contributed by atoms with Crippen molar-refractivity contribution in [2.75, 3.05) is 39.3 Å². The molecule has 0 aliphatic carbocycles. The maximum absolute atomic E-state index is 12.2. The van der Waals surface area contributed by atoms with E-state index in [-0.39, 0.29) is 18.5 Å². The quantitative estimate of drug-likeness (QED) is 0.841. The molecule has 3 rings (SSSR count). The van der Waals surface area contributed by atoms with E-state index in [4.69, 9.17) is 16.3 Å². The van der Waals surface area contributed by atoms with Crippen molar-refractivity contribution in [2.45, 2.75) is 25.3 Å².